The van der Waals surface area contributed by atoms with Gasteiger partial charge in [-0.25, -0.2) is 0 Å². The quantitative estimate of drug-likeness (QED) is 0.883. The van der Waals surface area contributed by atoms with E-state index in [1.165, 1.54) is 5.56 Å². The Labute approximate surface area is 160 Å². The highest BCUT2D eigenvalue weighted by Gasteiger charge is 2.21. The number of anilines is 1. The maximum absolute atomic E-state index is 12.3. The third-order valence-corrected chi connectivity index (χ3v) is 4.96. The van der Waals surface area contributed by atoms with Crippen molar-refractivity contribution >= 4 is 11.7 Å². The van der Waals surface area contributed by atoms with E-state index in [1.54, 1.807) is 6.07 Å². The van der Waals surface area contributed by atoms with E-state index in [2.05, 4.69) is 46.4 Å². The Morgan fingerprint density at radius 3 is 2.44 bits per heavy atom. The van der Waals surface area contributed by atoms with Crippen LogP contribution in [0, 0.1) is 11.3 Å². The molecule has 1 aromatic carbocycles. The van der Waals surface area contributed by atoms with Gasteiger partial charge in [0.25, 0.3) is 0 Å². The molecule has 1 saturated heterocycles. The minimum Gasteiger partial charge on any atom is -0.355 e. The van der Waals surface area contributed by atoms with Crippen LogP contribution in [-0.2, 0) is 11.2 Å². The van der Waals surface area contributed by atoms with Crippen LogP contribution in [0.25, 0.3) is 0 Å². The first-order chi connectivity index (χ1) is 13.0. The monoisotopic (exact) mass is 363 g/mol. The van der Waals surface area contributed by atoms with Gasteiger partial charge in [-0.1, -0.05) is 38.1 Å². The van der Waals surface area contributed by atoms with Crippen molar-refractivity contribution < 1.29 is 4.79 Å². The molecule has 6 nitrogen and oxygen atoms in total. The Bertz CT molecular complexity index is 800. The van der Waals surface area contributed by atoms with Gasteiger partial charge < -0.3 is 10.2 Å². The zero-order valence-electron chi connectivity index (χ0n) is 15.9. The number of benzene rings is 1. The molecule has 6 heteroatoms. The van der Waals surface area contributed by atoms with Gasteiger partial charge in [-0.3, -0.25) is 4.79 Å². The first-order valence-electron chi connectivity index (χ1n) is 9.42. The molecule has 2 heterocycles. The van der Waals surface area contributed by atoms with Gasteiger partial charge in [0.2, 0.25) is 5.91 Å². The first kappa shape index (κ1) is 18.8. The molecule has 0 spiro atoms. The van der Waals surface area contributed by atoms with Crippen molar-refractivity contribution in [2.45, 2.75) is 45.1 Å². The smallest absolute Gasteiger partial charge is 0.224 e. The van der Waals surface area contributed by atoms with Crippen LogP contribution in [0.4, 0.5) is 5.82 Å². The lowest BCUT2D eigenvalue weighted by Crippen LogP contribution is -2.45. The lowest BCUT2D eigenvalue weighted by atomic mass is 10.0. The number of rotatable bonds is 5. The standard InChI is InChI=1S/C21H25N5O/c1-15(2)17-5-3-16(4-6-17)13-21(27)23-18-9-11-26(12-10-18)20-8-7-19(14-22)24-25-20/h3-8,15,18H,9-13H2,1-2H3,(H,23,27). The molecule has 1 aliphatic heterocycles. The number of nitriles is 1. The average molecular weight is 363 g/mol. The number of carbonyl (C=O) groups excluding carboxylic acids is 1. The number of piperidine rings is 1. The van der Waals surface area contributed by atoms with Gasteiger partial charge in [-0.05, 0) is 42.0 Å². The second-order valence-electron chi connectivity index (χ2n) is 7.29. The molecule has 2 aromatic rings. The second kappa shape index (κ2) is 8.63. The van der Waals surface area contributed by atoms with E-state index in [1.807, 2.05) is 24.3 Å². The summed E-state index contributed by atoms with van der Waals surface area (Å²) in [4.78, 5) is 14.5. The van der Waals surface area contributed by atoms with Gasteiger partial charge in [0.15, 0.2) is 11.5 Å². The molecule has 27 heavy (non-hydrogen) atoms. The fraction of sp³-hybridized carbons (Fsp3) is 0.429. The fourth-order valence-corrected chi connectivity index (χ4v) is 3.29. The van der Waals surface area contributed by atoms with Gasteiger partial charge in [0, 0.05) is 19.1 Å². The highest BCUT2D eigenvalue weighted by molar-refractivity contribution is 5.78. The summed E-state index contributed by atoms with van der Waals surface area (Å²) in [6, 6.07) is 14.0. The molecule has 1 aromatic heterocycles. The molecular weight excluding hydrogens is 338 g/mol. The lowest BCUT2D eigenvalue weighted by molar-refractivity contribution is -0.121. The first-order valence-corrected chi connectivity index (χ1v) is 9.42. The van der Waals surface area contributed by atoms with E-state index in [9.17, 15) is 4.79 Å². The SMILES string of the molecule is CC(C)c1ccc(CC(=O)NC2CCN(c3ccc(C#N)nn3)CC2)cc1. The average Bonchev–Trinajstić information content (AvgIpc) is 2.69. The molecule has 0 atom stereocenters. The number of nitrogens with zero attached hydrogens (tertiary/aromatic N) is 4. The van der Waals surface area contributed by atoms with Crippen LogP contribution in [-0.4, -0.2) is 35.2 Å². The van der Waals surface area contributed by atoms with Crippen LogP contribution in [0.15, 0.2) is 36.4 Å². The van der Waals surface area contributed by atoms with Crippen LogP contribution >= 0.6 is 0 Å². The Kier molecular flexibility index (Phi) is 6.02. The van der Waals surface area contributed by atoms with E-state index >= 15 is 0 Å². The maximum Gasteiger partial charge on any atom is 0.224 e. The minimum atomic E-state index is 0.0731. The van der Waals surface area contributed by atoms with Crippen molar-refractivity contribution in [1.29, 1.82) is 5.26 Å². The van der Waals surface area contributed by atoms with Crippen molar-refractivity contribution in [3.8, 4) is 6.07 Å². The molecule has 1 fully saturated rings. The van der Waals surface area contributed by atoms with Crippen LogP contribution in [0.3, 0.4) is 0 Å². The molecule has 0 bridgehead atoms. The van der Waals surface area contributed by atoms with Gasteiger partial charge in [-0.2, -0.15) is 5.26 Å². The summed E-state index contributed by atoms with van der Waals surface area (Å²) >= 11 is 0. The third-order valence-electron chi connectivity index (χ3n) is 4.96. The lowest BCUT2D eigenvalue weighted by Gasteiger charge is -2.32. The van der Waals surface area contributed by atoms with E-state index in [-0.39, 0.29) is 11.9 Å². The highest BCUT2D eigenvalue weighted by Crippen LogP contribution is 2.18. The summed E-state index contributed by atoms with van der Waals surface area (Å²) in [5.74, 6) is 1.35. The summed E-state index contributed by atoms with van der Waals surface area (Å²) in [6.45, 7) is 5.96. The van der Waals surface area contributed by atoms with E-state index in [0.29, 0.717) is 18.0 Å². The highest BCUT2D eigenvalue weighted by atomic mass is 16.1. The van der Waals surface area contributed by atoms with Crippen molar-refractivity contribution in [1.82, 2.24) is 15.5 Å². The molecule has 140 valence electrons. The van der Waals surface area contributed by atoms with Crippen molar-refractivity contribution in [2.24, 2.45) is 0 Å². The molecule has 1 N–H and O–H groups in total. The predicted molar refractivity (Wildman–Crippen MR) is 104 cm³/mol. The molecule has 1 amide bonds. The number of amides is 1. The third kappa shape index (κ3) is 5.04. The van der Waals surface area contributed by atoms with Crippen LogP contribution in [0.5, 0.6) is 0 Å². The maximum atomic E-state index is 12.3. The number of hydrogen-bond acceptors (Lipinski definition) is 5. The van der Waals surface area contributed by atoms with Gasteiger partial charge >= 0.3 is 0 Å². The number of hydrogen-bond donors (Lipinski definition) is 1. The zero-order valence-corrected chi connectivity index (χ0v) is 15.9. The van der Waals surface area contributed by atoms with Gasteiger partial charge in [-0.15, -0.1) is 10.2 Å². The largest absolute Gasteiger partial charge is 0.355 e. The van der Waals surface area contributed by atoms with Crippen molar-refractivity contribution in [3.63, 3.8) is 0 Å². The Morgan fingerprint density at radius 2 is 1.89 bits per heavy atom. The summed E-state index contributed by atoms with van der Waals surface area (Å²) < 4.78 is 0. The van der Waals surface area contributed by atoms with Crippen molar-refractivity contribution in [2.75, 3.05) is 18.0 Å². The molecule has 3 rings (SSSR count). The summed E-state index contributed by atoms with van der Waals surface area (Å²) in [5, 5.41) is 19.9. The van der Waals surface area contributed by atoms with Crippen molar-refractivity contribution in [3.05, 3.63) is 53.2 Å². The number of aromatic nitrogens is 2. The van der Waals surface area contributed by atoms with Gasteiger partial charge in [0.05, 0.1) is 6.42 Å². The Balaban J connectivity index is 1.46. The van der Waals surface area contributed by atoms with Crippen LogP contribution in [0.2, 0.25) is 0 Å². The molecule has 0 saturated carbocycles. The van der Waals surface area contributed by atoms with E-state index < -0.39 is 0 Å². The summed E-state index contributed by atoms with van der Waals surface area (Å²) in [5.41, 5.74) is 2.65. The topological polar surface area (TPSA) is 81.9 Å². The number of carbonyl (C=O) groups is 1. The zero-order chi connectivity index (χ0) is 19.2. The minimum absolute atomic E-state index is 0.0731. The predicted octanol–water partition coefficient (Wildman–Crippen LogP) is 2.80. The normalized spacial score (nSPS) is 14.8. The Hall–Kier alpha value is -2.94. The molecule has 1 aliphatic rings. The molecule has 0 aliphatic carbocycles. The molecule has 0 radical (unpaired) electrons. The fourth-order valence-electron chi connectivity index (χ4n) is 3.29. The van der Waals surface area contributed by atoms with E-state index in [0.717, 1.165) is 37.3 Å². The molecular formula is C21H25N5O. The van der Waals surface area contributed by atoms with Crippen LogP contribution < -0.4 is 10.2 Å². The summed E-state index contributed by atoms with van der Waals surface area (Å²) in [7, 11) is 0. The summed E-state index contributed by atoms with van der Waals surface area (Å²) in [6.07, 6.45) is 2.17. The second-order valence-corrected chi connectivity index (χ2v) is 7.29. The van der Waals surface area contributed by atoms with E-state index in [4.69, 9.17) is 5.26 Å². The Morgan fingerprint density at radius 1 is 1.19 bits per heavy atom. The molecule has 0 unspecified atom stereocenters. The van der Waals surface area contributed by atoms with Crippen LogP contribution in [0.1, 0.15) is 49.4 Å². The number of nitrogens with one attached hydrogen (secondary N) is 1. The van der Waals surface area contributed by atoms with Gasteiger partial charge in [0.1, 0.15) is 6.07 Å².